The molecule has 0 unspecified atom stereocenters. The van der Waals surface area contributed by atoms with E-state index in [1.54, 1.807) is 0 Å². The first kappa shape index (κ1) is 11.5. The van der Waals surface area contributed by atoms with Gasteiger partial charge in [0.25, 0.3) is 0 Å². The molecule has 2 rings (SSSR count). The van der Waals surface area contributed by atoms with Crippen LogP contribution in [0.3, 0.4) is 0 Å². The average molecular weight is 224 g/mol. The molecule has 1 aromatic heterocycles. The van der Waals surface area contributed by atoms with Crippen LogP contribution in [0.2, 0.25) is 0 Å². The molecule has 1 fully saturated rings. The van der Waals surface area contributed by atoms with Crippen molar-refractivity contribution < 1.29 is 4.52 Å². The smallest absolute Gasteiger partial charge is 0.240 e. The van der Waals surface area contributed by atoms with Crippen LogP contribution >= 0.6 is 0 Å². The Hall–Kier alpha value is -0.940. The lowest BCUT2D eigenvalue weighted by Crippen LogP contribution is -2.38. The van der Waals surface area contributed by atoms with Crippen molar-refractivity contribution in [3.05, 3.63) is 11.7 Å². The number of piperidine rings is 1. The third kappa shape index (κ3) is 2.41. The summed E-state index contributed by atoms with van der Waals surface area (Å²) >= 11 is 0. The van der Waals surface area contributed by atoms with Gasteiger partial charge < -0.3 is 15.2 Å². The lowest BCUT2D eigenvalue weighted by molar-refractivity contribution is 0.168. The van der Waals surface area contributed by atoms with Crippen LogP contribution in [0, 0.1) is 0 Å². The molecule has 0 bridgehead atoms. The topological polar surface area (TPSA) is 68.2 Å². The molecule has 0 amide bonds. The van der Waals surface area contributed by atoms with Crippen LogP contribution in [-0.2, 0) is 6.54 Å². The summed E-state index contributed by atoms with van der Waals surface area (Å²) in [5.74, 6) is 1.82. The lowest BCUT2D eigenvalue weighted by Gasteiger charge is -2.33. The van der Waals surface area contributed by atoms with Crippen molar-refractivity contribution in [3.63, 3.8) is 0 Å². The van der Waals surface area contributed by atoms with Crippen LogP contribution in [0.15, 0.2) is 4.52 Å². The third-order valence-electron chi connectivity index (χ3n) is 3.28. The van der Waals surface area contributed by atoms with E-state index in [4.69, 9.17) is 10.3 Å². The van der Waals surface area contributed by atoms with E-state index in [2.05, 4.69) is 28.9 Å². The predicted octanol–water partition coefficient (Wildman–Crippen LogP) is 1.12. The highest BCUT2D eigenvalue weighted by Crippen LogP contribution is 2.26. The molecule has 0 spiro atoms. The summed E-state index contributed by atoms with van der Waals surface area (Å²) in [4.78, 5) is 6.79. The van der Waals surface area contributed by atoms with Gasteiger partial charge in [-0.1, -0.05) is 5.16 Å². The van der Waals surface area contributed by atoms with Crippen LogP contribution in [0.5, 0.6) is 0 Å². The molecular formula is C11H20N4O. The van der Waals surface area contributed by atoms with Gasteiger partial charge in [-0.25, -0.2) is 0 Å². The van der Waals surface area contributed by atoms with Gasteiger partial charge in [0.1, 0.15) is 0 Å². The van der Waals surface area contributed by atoms with Crippen molar-refractivity contribution in [2.24, 2.45) is 5.73 Å². The molecule has 1 aromatic rings. The molecule has 2 N–H and O–H groups in total. The van der Waals surface area contributed by atoms with Gasteiger partial charge in [-0.3, -0.25) is 0 Å². The fourth-order valence-corrected chi connectivity index (χ4v) is 2.19. The van der Waals surface area contributed by atoms with Crippen molar-refractivity contribution in [3.8, 4) is 0 Å². The maximum Gasteiger partial charge on any atom is 0.240 e. The second-order valence-electron chi connectivity index (χ2n) is 4.65. The molecule has 90 valence electrons. The van der Waals surface area contributed by atoms with E-state index in [1.165, 1.54) is 0 Å². The van der Waals surface area contributed by atoms with Gasteiger partial charge in [-0.05, 0) is 39.8 Å². The van der Waals surface area contributed by atoms with Gasteiger partial charge in [0.15, 0.2) is 5.82 Å². The predicted molar refractivity (Wildman–Crippen MR) is 60.9 cm³/mol. The maximum absolute atomic E-state index is 5.45. The standard InChI is InChI=1S/C11H20N4O/c1-8(2)15-5-3-9(4-6-15)11-13-10(7-12)16-14-11/h8-9H,3-7,12H2,1-2H3. The van der Waals surface area contributed by atoms with Crippen molar-refractivity contribution in [2.45, 2.75) is 45.2 Å². The van der Waals surface area contributed by atoms with Gasteiger partial charge >= 0.3 is 0 Å². The molecule has 0 saturated carbocycles. The Labute approximate surface area is 96.0 Å². The van der Waals surface area contributed by atoms with E-state index >= 15 is 0 Å². The number of hydrogen-bond donors (Lipinski definition) is 1. The molecule has 5 nitrogen and oxygen atoms in total. The van der Waals surface area contributed by atoms with Crippen molar-refractivity contribution in [2.75, 3.05) is 13.1 Å². The molecule has 16 heavy (non-hydrogen) atoms. The summed E-state index contributed by atoms with van der Waals surface area (Å²) in [5.41, 5.74) is 5.45. The van der Waals surface area contributed by atoms with Crippen LogP contribution in [0.4, 0.5) is 0 Å². The van der Waals surface area contributed by atoms with Crippen molar-refractivity contribution >= 4 is 0 Å². The van der Waals surface area contributed by atoms with Gasteiger partial charge in [-0.2, -0.15) is 4.98 Å². The molecule has 0 aromatic carbocycles. The minimum atomic E-state index is 0.331. The van der Waals surface area contributed by atoms with E-state index < -0.39 is 0 Å². The monoisotopic (exact) mass is 224 g/mol. The molecule has 0 radical (unpaired) electrons. The first-order chi connectivity index (χ1) is 7.70. The Bertz CT molecular complexity index is 328. The SMILES string of the molecule is CC(C)N1CCC(c2noc(CN)n2)CC1. The Morgan fingerprint density at radius 2 is 2.12 bits per heavy atom. The van der Waals surface area contributed by atoms with E-state index in [0.29, 0.717) is 24.4 Å². The highest BCUT2D eigenvalue weighted by molar-refractivity contribution is 4.98. The molecular weight excluding hydrogens is 204 g/mol. The number of nitrogens with zero attached hydrogens (tertiary/aromatic N) is 3. The first-order valence-electron chi connectivity index (χ1n) is 5.97. The molecule has 1 saturated heterocycles. The minimum absolute atomic E-state index is 0.331. The molecule has 0 atom stereocenters. The second-order valence-corrected chi connectivity index (χ2v) is 4.65. The molecule has 0 aliphatic carbocycles. The van der Waals surface area contributed by atoms with Gasteiger partial charge in [0.05, 0.1) is 6.54 Å². The summed E-state index contributed by atoms with van der Waals surface area (Å²) in [5, 5.41) is 4.00. The molecule has 1 aliphatic rings. The van der Waals surface area contributed by atoms with Gasteiger partial charge in [0, 0.05) is 12.0 Å². The Balaban J connectivity index is 1.93. The zero-order chi connectivity index (χ0) is 11.5. The van der Waals surface area contributed by atoms with Crippen molar-refractivity contribution in [1.29, 1.82) is 0 Å². The number of nitrogens with two attached hydrogens (primary N) is 1. The summed E-state index contributed by atoms with van der Waals surface area (Å²) < 4.78 is 5.04. The number of hydrogen-bond acceptors (Lipinski definition) is 5. The normalized spacial score (nSPS) is 19.5. The lowest BCUT2D eigenvalue weighted by atomic mass is 9.95. The summed E-state index contributed by atoms with van der Waals surface area (Å²) in [6.45, 7) is 7.05. The number of rotatable bonds is 3. The van der Waals surface area contributed by atoms with Crippen LogP contribution in [0.1, 0.15) is 44.3 Å². The van der Waals surface area contributed by atoms with Gasteiger partial charge in [0.2, 0.25) is 5.89 Å². The maximum atomic E-state index is 5.45. The average Bonchev–Trinajstić information content (AvgIpc) is 2.77. The van der Waals surface area contributed by atoms with Crippen molar-refractivity contribution in [1.82, 2.24) is 15.0 Å². The first-order valence-corrected chi connectivity index (χ1v) is 5.97. The highest BCUT2D eigenvalue weighted by Gasteiger charge is 2.25. The quantitative estimate of drug-likeness (QED) is 0.833. The summed E-state index contributed by atoms with van der Waals surface area (Å²) in [7, 11) is 0. The molecule has 1 aliphatic heterocycles. The fourth-order valence-electron chi connectivity index (χ4n) is 2.19. The summed E-state index contributed by atoms with van der Waals surface area (Å²) in [6, 6.07) is 0.630. The third-order valence-corrected chi connectivity index (χ3v) is 3.28. The van der Waals surface area contributed by atoms with E-state index in [1.807, 2.05) is 0 Å². The zero-order valence-electron chi connectivity index (χ0n) is 10.0. The van der Waals surface area contributed by atoms with Crippen LogP contribution in [-0.4, -0.2) is 34.2 Å². The fraction of sp³-hybridized carbons (Fsp3) is 0.818. The largest absolute Gasteiger partial charge is 0.338 e. The second kappa shape index (κ2) is 4.93. The zero-order valence-corrected chi connectivity index (χ0v) is 10.0. The molecule has 5 heteroatoms. The Morgan fingerprint density at radius 1 is 1.44 bits per heavy atom. The van der Waals surface area contributed by atoms with E-state index in [0.717, 1.165) is 31.8 Å². The minimum Gasteiger partial charge on any atom is -0.338 e. The number of likely N-dealkylation sites (tertiary alicyclic amines) is 1. The van der Waals surface area contributed by atoms with Gasteiger partial charge in [-0.15, -0.1) is 0 Å². The molecule has 2 heterocycles. The highest BCUT2D eigenvalue weighted by atomic mass is 16.5. The Kier molecular flexibility index (Phi) is 3.56. The van der Waals surface area contributed by atoms with Crippen LogP contribution in [0.25, 0.3) is 0 Å². The Morgan fingerprint density at radius 3 is 2.62 bits per heavy atom. The van der Waals surface area contributed by atoms with Crippen LogP contribution < -0.4 is 5.73 Å². The summed E-state index contributed by atoms with van der Waals surface area (Å²) in [6.07, 6.45) is 2.23. The number of aromatic nitrogens is 2. The van der Waals surface area contributed by atoms with E-state index in [-0.39, 0.29) is 0 Å². The van der Waals surface area contributed by atoms with E-state index in [9.17, 15) is 0 Å².